The van der Waals surface area contributed by atoms with Crippen LogP contribution in [0.25, 0.3) is 0 Å². The zero-order valence-corrected chi connectivity index (χ0v) is 15.2. The van der Waals surface area contributed by atoms with Gasteiger partial charge in [-0.1, -0.05) is 22.0 Å². The van der Waals surface area contributed by atoms with Gasteiger partial charge in [0.05, 0.1) is 5.56 Å². The molecule has 0 atom stereocenters. The summed E-state index contributed by atoms with van der Waals surface area (Å²) in [6.07, 6.45) is -4.40. The first-order valence-electron chi connectivity index (χ1n) is 5.82. The number of benzene rings is 2. The molecule has 1 N–H and O–H groups in total. The molecule has 0 saturated carbocycles. The van der Waals surface area contributed by atoms with Gasteiger partial charge in [-0.15, -0.1) is 0 Å². The van der Waals surface area contributed by atoms with Crippen molar-refractivity contribution in [2.24, 2.45) is 0 Å². The Bertz CT molecular complexity index is 656. The van der Waals surface area contributed by atoms with Gasteiger partial charge >= 0.3 is 6.18 Å². The molecule has 0 aliphatic carbocycles. The third kappa shape index (κ3) is 4.47. The summed E-state index contributed by atoms with van der Waals surface area (Å²) < 4.78 is 41.1. The van der Waals surface area contributed by atoms with Gasteiger partial charge in [-0.3, -0.25) is 0 Å². The summed E-state index contributed by atoms with van der Waals surface area (Å²) >= 11 is 9.78. The van der Waals surface area contributed by atoms with Crippen LogP contribution < -0.4 is 5.32 Å². The van der Waals surface area contributed by atoms with Crippen molar-refractivity contribution in [3.8, 4) is 0 Å². The van der Waals surface area contributed by atoms with Crippen LogP contribution in [0.1, 0.15) is 11.1 Å². The largest absolute Gasteiger partial charge is 0.418 e. The summed E-state index contributed by atoms with van der Waals surface area (Å²) in [5.74, 6) is 0. The molecule has 21 heavy (non-hydrogen) atoms. The van der Waals surface area contributed by atoms with Crippen LogP contribution in [0, 0.1) is 0 Å². The molecule has 0 aromatic heterocycles. The minimum Gasteiger partial charge on any atom is -0.380 e. The molecule has 2 rings (SSSR count). The molecular formula is C14H9Br3F3N. The molecule has 0 fully saturated rings. The van der Waals surface area contributed by atoms with Crippen LogP contribution in [-0.2, 0) is 12.7 Å². The number of hydrogen-bond acceptors (Lipinski definition) is 1. The summed E-state index contributed by atoms with van der Waals surface area (Å²) in [5, 5.41) is 2.83. The van der Waals surface area contributed by atoms with E-state index < -0.39 is 11.7 Å². The predicted octanol–water partition coefficient (Wildman–Crippen LogP) is 6.61. The van der Waals surface area contributed by atoms with Crippen molar-refractivity contribution in [3.05, 3.63) is 60.9 Å². The maximum Gasteiger partial charge on any atom is 0.418 e. The van der Waals surface area contributed by atoms with Gasteiger partial charge in [-0.25, -0.2) is 0 Å². The van der Waals surface area contributed by atoms with E-state index >= 15 is 0 Å². The minimum atomic E-state index is -4.40. The Hall–Kier alpha value is -0.530. The van der Waals surface area contributed by atoms with Crippen molar-refractivity contribution in [1.82, 2.24) is 0 Å². The van der Waals surface area contributed by atoms with Gasteiger partial charge in [0, 0.05) is 25.7 Å². The number of nitrogens with one attached hydrogen (secondary N) is 1. The van der Waals surface area contributed by atoms with E-state index in [-0.39, 0.29) is 5.69 Å². The molecule has 0 heterocycles. The summed E-state index contributed by atoms with van der Waals surface area (Å²) in [5.41, 5.74) is 0.249. The topological polar surface area (TPSA) is 12.0 Å². The van der Waals surface area contributed by atoms with Crippen LogP contribution in [0.5, 0.6) is 0 Å². The number of rotatable bonds is 3. The Kier molecular flexibility index (Phi) is 5.38. The molecule has 0 aliphatic heterocycles. The molecule has 0 radical (unpaired) electrons. The van der Waals surface area contributed by atoms with Crippen LogP contribution >= 0.6 is 47.8 Å². The second kappa shape index (κ2) is 6.71. The molecule has 0 saturated heterocycles. The van der Waals surface area contributed by atoms with Gasteiger partial charge in [0.2, 0.25) is 0 Å². The van der Waals surface area contributed by atoms with E-state index in [1.807, 2.05) is 18.2 Å². The highest BCUT2D eigenvalue weighted by Crippen LogP contribution is 2.36. The Labute approximate surface area is 145 Å². The lowest BCUT2D eigenvalue weighted by atomic mass is 10.1. The quantitative estimate of drug-likeness (QED) is 0.514. The first-order chi connectivity index (χ1) is 9.77. The summed E-state index contributed by atoms with van der Waals surface area (Å²) in [7, 11) is 0. The Morgan fingerprint density at radius 1 is 0.905 bits per heavy atom. The van der Waals surface area contributed by atoms with Crippen molar-refractivity contribution >= 4 is 53.5 Å². The van der Waals surface area contributed by atoms with E-state index in [9.17, 15) is 13.2 Å². The fourth-order valence-corrected chi connectivity index (χ4v) is 2.79. The average molecular weight is 488 g/mol. The molecule has 0 aliphatic rings. The monoisotopic (exact) mass is 485 g/mol. The molecule has 0 bridgehead atoms. The second-order valence-corrected chi connectivity index (χ2v) is 6.91. The van der Waals surface area contributed by atoms with Crippen molar-refractivity contribution in [3.63, 3.8) is 0 Å². The van der Waals surface area contributed by atoms with Crippen LogP contribution in [-0.4, -0.2) is 0 Å². The SMILES string of the molecule is FC(F)(F)c1cc(Br)ccc1NCc1ccc(Br)c(Br)c1. The average Bonchev–Trinajstić information content (AvgIpc) is 2.40. The number of hydrogen-bond donors (Lipinski definition) is 1. The molecule has 112 valence electrons. The van der Waals surface area contributed by atoms with Gasteiger partial charge < -0.3 is 5.32 Å². The first kappa shape index (κ1) is 16.8. The third-order valence-electron chi connectivity index (χ3n) is 2.75. The number of halogens is 6. The number of alkyl halides is 3. The second-order valence-electron chi connectivity index (χ2n) is 4.29. The van der Waals surface area contributed by atoms with Crippen molar-refractivity contribution in [2.75, 3.05) is 5.32 Å². The van der Waals surface area contributed by atoms with Gasteiger partial charge in [0.15, 0.2) is 0 Å². The maximum absolute atomic E-state index is 13.0. The Morgan fingerprint density at radius 3 is 2.24 bits per heavy atom. The summed E-state index contributed by atoms with van der Waals surface area (Å²) in [6, 6.07) is 9.60. The van der Waals surface area contributed by atoms with E-state index in [1.54, 1.807) is 6.07 Å². The lowest BCUT2D eigenvalue weighted by Crippen LogP contribution is -2.11. The van der Waals surface area contributed by atoms with E-state index in [4.69, 9.17) is 0 Å². The van der Waals surface area contributed by atoms with Crippen molar-refractivity contribution < 1.29 is 13.2 Å². The molecule has 0 spiro atoms. The van der Waals surface area contributed by atoms with E-state index in [0.29, 0.717) is 11.0 Å². The van der Waals surface area contributed by atoms with Gasteiger partial charge in [-0.05, 0) is 67.8 Å². The van der Waals surface area contributed by atoms with Gasteiger partial charge in [-0.2, -0.15) is 13.2 Å². The minimum absolute atomic E-state index is 0.0599. The van der Waals surface area contributed by atoms with Crippen LogP contribution in [0.2, 0.25) is 0 Å². The maximum atomic E-state index is 13.0. The fraction of sp³-hybridized carbons (Fsp3) is 0.143. The van der Waals surface area contributed by atoms with Crippen LogP contribution in [0.3, 0.4) is 0 Å². The molecule has 1 nitrogen and oxygen atoms in total. The molecule has 0 amide bonds. The highest BCUT2D eigenvalue weighted by molar-refractivity contribution is 9.13. The van der Waals surface area contributed by atoms with Gasteiger partial charge in [0.25, 0.3) is 0 Å². The molecule has 7 heteroatoms. The zero-order valence-electron chi connectivity index (χ0n) is 10.4. The van der Waals surface area contributed by atoms with Crippen LogP contribution in [0.15, 0.2) is 49.8 Å². The first-order valence-corrected chi connectivity index (χ1v) is 8.20. The van der Waals surface area contributed by atoms with E-state index in [1.165, 1.54) is 6.07 Å². The highest BCUT2D eigenvalue weighted by atomic mass is 79.9. The van der Waals surface area contributed by atoms with Crippen molar-refractivity contribution in [1.29, 1.82) is 0 Å². The molecule has 2 aromatic carbocycles. The van der Waals surface area contributed by atoms with Gasteiger partial charge in [0.1, 0.15) is 0 Å². The van der Waals surface area contributed by atoms with E-state index in [0.717, 1.165) is 20.6 Å². The molecule has 0 unspecified atom stereocenters. The summed E-state index contributed by atoms with van der Waals surface area (Å²) in [4.78, 5) is 0. The smallest absolute Gasteiger partial charge is 0.380 e. The Balaban J connectivity index is 2.22. The van der Waals surface area contributed by atoms with Crippen LogP contribution in [0.4, 0.5) is 18.9 Å². The van der Waals surface area contributed by atoms with E-state index in [2.05, 4.69) is 53.1 Å². The normalized spacial score (nSPS) is 11.5. The third-order valence-corrected chi connectivity index (χ3v) is 5.13. The molecule has 2 aromatic rings. The van der Waals surface area contributed by atoms with Crippen molar-refractivity contribution in [2.45, 2.75) is 12.7 Å². The standard InChI is InChI=1S/C14H9Br3F3N/c15-9-2-4-13(10(6-9)14(18,19)20)21-7-8-1-3-11(16)12(17)5-8/h1-6,21H,7H2. The number of anilines is 1. The summed E-state index contributed by atoms with van der Waals surface area (Å²) in [6.45, 7) is 0.302. The fourth-order valence-electron chi connectivity index (χ4n) is 1.75. The zero-order chi connectivity index (χ0) is 15.6. The lowest BCUT2D eigenvalue weighted by molar-refractivity contribution is -0.137. The molecular weight excluding hydrogens is 479 g/mol. The Morgan fingerprint density at radius 2 is 1.62 bits per heavy atom. The highest BCUT2D eigenvalue weighted by Gasteiger charge is 2.33. The lowest BCUT2D eigenvalue weighted by Gasteiger charge is -2.15. The predicted molar refractivity (Wildman–Crippen MR) is 88.3 cm³/mol.